The fraction of sp³-hybridized carbons (Fsp3) is 0.455. The maximum Gasteiger partial charge on any atom is 0.356 e. The Balaban J connectivity index is 0.000000340. The van der Waals surface area contributed by atoms with E-state index in [1.807, 2.05) is 0 Å². The van der Waals surface area contributed by atoms with Crippen LogP contribution in [0.1, 0.15) is 48.7 Å². The third-order valence-electron chi connectivity index (χ3n) is 3.59. The second-order valence-corrected chi connectivity index (χ2v) is 8.36. The number of hydrogen-bond acceptors (Lipinski definition) is 8. The van der Waals surface area contributed by atoms with Gasteiger partial charge in [0, 0.05) is 0 Å². The predicted molar refractivity (Wildman–Crippen MR) is 120 cm³/mol. The summed E-state index contributed by atoms with van der Waals surface area (Å²) in [7, 11) is 2.58. The fourth-order valence-corrected chi connectivity index (χ4v) is 2.26. The number of nitrogens with zero attached hydrogens (tertiary/aromatic N) is 2. The van der Waals surface area contributed by atoms with Crippen LogP contribution >= 0.6 is 11.6 Å². The van der Waals surface area contributed by atoms with Crippen molar-refractivity contribution in [3.05, 3.63) is 40.8 Å². The Bertz CT molecular complexity index is 992. The monoisotopic (exact) mass is 504 g/mol. The highest BCUT2D eigenvalue weighted by atomic mass is 35.5. The second kappa shape index (κ2) is 12.3. The zero-order valence-electron chi connectivity index (χ0n) is 19.6. The lowest BCUT2D eigenvalue weighted by molar-refractivity contribution is 0.0592. The van der Waals surface area contributed by atoms with Gasteiger partial charge in [-0.05, 0) is 52.0 Å². The Morgan fingerprint density at radius 2 is 1.41 bits per heavy atom. The number of carboxylic acids is 1. The second-order valence-electron chi connectivity index (χ2n) is 8.00. The molecule has 2 aromatic rings. The molecule has 0 atom stereocenters. The Morgan fingerprint density at radius 3 is 1.85 bits per heavy atom. The van der Waals surface area contributed by atoms with Gasteiger partial charge in [0.1, 0.15) is 30.2 Å². The summed E-state index contributed by atoms with van der Waals surface area (Å²) in [6.07, 6.45) is 0. The number of carbonyl (C=O) groups excluding carboxylic acids is 1. The molecule has 0 spiro atoms. The molecule has 0 aliphatic carbocycles. The molecule has 2 heterocycles. The van der Waals surface area contributed by atoms with Crippen LogP contribution < -0.4 is 14.2 Å². The highest BCUT2D eigenvalue weighted by molar-refractivity contribution is 6.31. The van der Waals surface area contributed by atoms with E-state index in [4.69, 9.17) is 30.9 Å². The minimum atomic E-state index is -1.49. The van der Waals surface area contributed by atoms with Crippen LogP contribution in [0.15, 0.2) is 24.3 Å². The summed E-state index contributed by atoms with van der Waals surface area (Å²) in [5.74, 6) is -1.30. The van der Waals surface area contributed by atoms with Gasteiger partial charge >= 0.3 is 11.9 Å². The number of alkyl halides is 2. The van der Waals surface area contributed by atoms with Gasteiger partial charge in [-0.2, -0.15) is 0 Å². The molecule has 34 heavy (non-hydrogen) atoms. The van der Waals surface area contributed by atoms with Gasteiger partial charge in [-0.15, -0.1) is 0 Å². The minimum Gasteiger partial charge on any atom is -0.487 e. The molecule has 0 amide bonds. The topological polar surface area (TPSA) is 117 Å². The van der Waals surface area contributed by atoms with Gasteiger partial charge in [0.2, 0.25) is 0 Å². The number of pyridine rings is 2. The van der Waals surface area contributed by atoms with Crippen molar-refractivity contribution in [2.45, 2.75) is 39.0 Å². The van der Waals surface area contributed by atoms with Crippen molar-refractivity contribution >= 4 is 23.5 Å². The minimum absolute atomic E-state index is 0.00264. The molecule has 0 unspecified atom stereocenters. The summed E-state index contributed by atoms with van der Waals surface area (Å²) >= 11 is 5.79. The third kappa shape index (κ3) is 10.2. The van der Waals surface area contributed by atoms with E-state index in [0.717, 1.165) is 0 Å². The molecule has 0 bridgehead atoms. The Morgan fingerprint density at radius 1 is 0.912 bits per heavy atom. The first-order chi connectivity index (χ1) is 15.7. The molecule has 0 saturated carbocycles. The van der Waals surface area contributed by atoms with Crippen LogP contribution in [0.5, 0.6) is 17.4 Å². The van der Waals surface area contributed by atoms with E-state index >= 15 is 0 Å². The average molecular weight is 505 g/mol. The highest BCUT2D eigenvalue weighted by Gasteiger charge is 2.20. The summed E-state index contributed by atoms with van der Waals surface area (Å²) in [6.45, 7) is 5.20. The molecular weight excluding hydrogens is 478 g/mol. The molecule has 12 heteroatoms. The van der Waals surface area contributed by atoms with Crippen molar-refractivity contribution in [3.63, 3.8) is 0 Å². The first-order valence-corrected chi connectivity index (χ1v) is 10.2. The van der Waals surface area contributed by atoms with Crippen molar-refractivity contribution in [1.82, 2.24) is 9.97 Å². The Kier molecular flexibility index (Phi) is 10.4. The number of rotatable bonds is 9. The lowest BCUT2D eigenvalue weighted by Crippen LogP contribution is -2.23. The number of halogens is 3. The van der Waals surface area contributed by atoms with Crippen LogP contribution in [-0.4, -0.2) is 65.8 Å². The zero-order chi connectivity index (χ0) is 26.1. The van der Waals surface area contributed by atoms with E-state index in [9.17, 15) is 18.4 Å². The zero-order valence-corrected chi connectivity index (χ0v) is 20.4. The molecule has 2 aromatic heterocycles. The van der Waals surface area contributed by atoms with Gasteiger partial charge < -0.3 is 24.1 Å². The number of carbonyl (C=O) groups is 2. The molecule has 0 aliphatic heterocycles. The van der Waals surface area contributed by atoms with Crippen molar-refractivity contribution in [3.8, 4) is 17.4 Å². The van der Waals surface area contributed by atoms with E-state index in [2.05, 4.69) is 14.7 Å². The van der Waals surface area contributed by atoms with Crippen molar-refractivity contribution < 1.29 is 42.4 Å². The average Bonchev–Trinajstić information content (AvgIpc) is 2.75. The van der Waals surface area contributed by atoms with Gasteiger partial charge in [0.25, 0.3) is 5.88 Å². The van der Waals surface area contributed by atoms with E-state index in [0.29, 0.717) is 0 Å². The molecular formula is C22H27ClF2N2O7. The summed E-state index contributed by atoms with van der Waals surface area (Å²) in [6, 6.07) is 5.51. The highest BCUT2D eigenvalue weighted by Crippen LogP contribution is 2.26. The van der Waals surface area contributed by atoms with Crippen LogP contribution in [0.4, 0.5) is 8.78 Å². The van der Waals surface area contributed by atoms with Gasteiger partial charge in [-0.25, -0.2) is 28.3 Å². The maximum atomic E-state index is 13.2. The summed E-state index contributed by atoms with van der Waals surface area (Å²) < 4.78 is 46.1. The molecule has 2 rings (SSSR count). The van der Waals surface area contributed by atoms with Gasteiger partial charge in [-0.3, -0.25) is 0 Å². The largest absolute Gasteiger partial charge is 0.487 e. The number of ether oxygens (including phenoxy) is 4. The standard InChI is InChI=1S/C11H13ClFNO3.C11H14FNO4/c1-11(2,13)6-17-8-5-4-7(10(15)16-3)14-9(8)12;1-11(2,12)6-17-8-5-4-7(10(14)15)13-9(8)16-3/h4-5H,6H2,1-3H3;4-5H,6H2,1-3H3,(H,14,15). The van der Waals surface area contributed by atoms with Gasteiger partial charge in [0.05, 0.1) is 14.2 Å². The van der Waals surface area contributed by atoms with Crippen molar-refractivity contribution in [2.24, 2.45) is 0 Å². The fourth-order valence-electron chi connectivity index (χ4n) is 2.05. The van der Waals surface area contributed by atoms with E-state index < -0.39 is 23.3 Å². The summed E-state index contributed by atoms with van der Waals surface area (Å²) in [5.41, 5.74) is -3.04. The van der Waals surface area contributed by atoms with Gasteiger partial charge in [0.15, 0.2) is 22.3 Å². The third-order valence-corrected chi connectivity index (χ3v) is 3.86. The van der Waals surface area contributed by atoms with E-state index in [1.54, 1.807) is 0 Å². The Hall–Kier alpha value is -3.21. The quantitative estimate of drug-likeness (QED) is 0.387. The van der Waals surface area contributed by atoms with Gasteiger partial charge in [-0.1, -0.05) is 11.6 Å². The lowest BCUT2D eigenvalue weighted by Gasteiger charge is -2.16. The first kappa shape index (κ1) is 28.8. The Labute approximate surface area is 201 Å². The molecule has 9 nitrogen and oxygen atoms in total. The molecule has 1 N–H and O–H groups in total. The molecule has 0 radical (unpaired) electrons. The number of aromatic nitrogens is 2. The SMILES string of the molecule is COC(=O)c1ccc(OCC(C)(C)F)c(Cl)n1.COc1nc(C(=O)O)ccc1OCC(C)(C)F. The maximum absolute atomic E-state index is 13.2. The number of aromatic carboxylic acids is 1. The van der Waals surface area contributed by atoms with Crippen molar-refractivity contribution in [2.75, 3.05) is 27.4 Å². The van der Waals surface area contributed by atoms with E-state index in [1.165, 1.54) is 66.2 Å². The molecule has 0 aliphatic rings. The normalized spacial score (nSPS) is 11.1. The molecule has 0 aromatic carbocycles. The van der Waals surface area contributed by atoms with Crippen molar-refractivity contribution in [1.29, 1.82) is 0 Å². The molecule has 188 valence electrons. The molecule has 0 saturated heterocycles. The van der Waals surface area contributed by atoms with E-state index in [-0.39, 0.29) is 47.1 Å². The van der Waals surface area contributed by atoms with Crippen LogP contribution in [0.3, 0.4) is 0 Å². The van der Waals surface area contributed by atoms with Crippen LogP contribution in [0, 0.1) is 0 Å². The molecule has 0 fully saturated rings. The lowest BCUT2D eigenvalue weighted by atomic mass is 10.2. The van der Waals surface area contributed by atoms with Crippen LogP contribution in [-0.2, 0) is 4.74 Å². The number of hydrogen-bond donors (Lipinski definition) is 1. The van der Waals surface area contributed by atoms with Crippen LogP contribution in [0.2, 0.25) is 5.15 Å². The summed E-state index contributed by atoms with van der Waals surface area (Å²) in [4.78, 5) is 29.3. The smallest absolute Gasteiger partial charge is 0.356 e. The number of methoxy groups -OCH3 is 2. The number of carboxylic acid groups (broad SMARTS) is 1. The van der Waals surface area contributed by atoms with Crippen LogP contribution in [0.25, 0.3) is 0 Å². The number of esters is 1. The summed E-state index contributed by atoms with van der Waals surface area (Å²) in [5, 5.41) is 8.73. The predicted octanol–water partition coefficient (Wildman–Crippen LogP) is 4.56. The first-order valence-electron chi connectivity index (χ1n) is 9.83.